The number of piperazine rings is 1. The zero-order valence-corrected chi connectivity index (χ0v) is 24.4. The summed E-state index contributed by atoms with van der Waals surface area (Å²) in [7, 11) is 0. The maximum absolute atomic E-state index is 12.5. The largest absolute Gasteiger partial charge is 0.492 e. The van der Waals surface area contributed by atoms with Gasteiger partial charge in [-0.25, -0.2) is 0 Å². The predicted molar refractivity (Wildman–Crippen MR) is 154 cm³/mol. The van der Waals surface area contributed by atoms with Crippen molar-refractivity contribution >= 4 is 58.3 Å². The molecule has 1 heterocycles. The van der Waals surface area contributed by atoms with E-state index in [9.17, 15) is 14.4 Å². The number of hydrogen-bond donors (Lipinski definition) is 2. The van der Waals surface area contributed by atoms with E-state index in [1.54, 1.807) is 23.1 Å². The van der Waals surface area contributed by atoms with Crippen LogP contribution in [0, 0.1) is 0 Å². The molecule has 8 nitrogen and oxygen atoms in total. The molecule has 0 bridgehead atoms. The fourth-order valence-corrected chi connectivity index (χ4v) is 4.86. The monoisotopic (exact) mass is 587 g/mol. The van der Waals surface area contributed by atoms with Crippen LogP contribution in [0.25, 0.3) is 0 Å². The lowest BCUT2D eigenvalue weighted by molar-refractivity contribution is -0.147. The SMILES string of the molecule is CCCCCCCCCCOC(=O)CC1C(=O)NCCN1C(=S)NC(=O)CCCOc1ccc(Cl)cc1Cl. The highest BCUT2D eigenvalue weighted by molar-refractivity contribution is 7.80. The van der Waals surface area contributed by atoms with Gasteiger partial charge in [-0.1, -0.05) is 75.1 Å². The summed E-state index contributed by atoms with van der Waals surface area (Å²) in [5, 5.41) is 6.44. The summed E-state index contributed by atoms with van der Waals surface area (Å²) in [5.74, 6) is -0.580. The maximum Gasteiger partial charge on any atom is 0.308 e. The Bertz CT molecular complexity index is 934. The minimum atomic E-state index is -0.821. The third kappa shape index (κ3) is 12.2. The zero-order chi connectivity index (χ0) is 27.8. The Balaban J connectivity index is 1.69. The van der Waals surface area contributed by atoms with Crippen molar-refractivity contribution in [2.75, 3.05) is 26.3 Å². The first-order chi connectivity index (χ1) is 18.3. The smallest absolute Gasteiger partial charge is 0.308 e. The third-order valence-corrected chi connectivity index (χ3v) is 7.03. The number of carbonyl (C=O) groups excluding carboxylic acids is 3. The second-order valence-corrected chi connectivity index (χ2v) is 10.5. The number of carbonyl (C=O) groups is 3. The van der Waals surface area contributed by atoms with Crippen LogP contribution in [0.4, 0.5) is 0 Å². The Morgan fingerprint density at radius 1 is 1.08 bits per heavy atom. The van der Waals surface area contributed by atoms with Crippen LogP contribution in [0.3, 0.4) is 0 Å². The van der Waals surface area contributed by atoms with Gasteiger partial charge in [-0.15, -0.1) is 0 Å². The van der Waals surface area contributed by atoms with E-state index < -0.39 is 12.0 Å². The summed E-state index contributed by atoms with van der Waals surface area (Å²) in [4.78, 5) is 38.9. The molecule has 1 aromatic rings. The van der Waals surface area contributed by atoms with Crippen LogP contribution in [0.5, 0.6) is 5.75 Å². The molecule has 0 radical (unpaired) electrons. The van der Waals surface area contributed by atoms with E-state index in [2.05, 4.69) is 17.6 Å². The molecule has 1 unspecified atom stereocenters. The molecule has 0 aliphatic carbocycles. The van der Waals surface area contributed by atoms with Crippen LogP contribution in [0.2, 0.25) is 10.0 Å². The van der Waals surface area contributed by atoms with Crippen molar-refractivity contribution in [1.82, 2.24) is 15.5 Å². The number of hydrogen-bond acceptors (Lipinski definition) is 6. The molecular weight excluding hydrogens is 549 g/mol. The van der Waals surface area contributed by atoms with Gasteiger partial charge in [-0.3, -0.25) is 14.4 Å². The highest BCUT2D eigenvalue weighted by atomic mass is 35.5. The number of amides is 2. The van der Waals surface area contributed by atoms with Gasteiger partial charge in [0.1, 0.15) is 11.8 Å². The summed E-state index contributed by atoms with van der Waals surface area (Å²) >= 11 is 17.3. The normalized spacial score (nSPS) is 15.1. The van der Waals surface area contributed by atoms with Crippen molar-refractivity contribution in [2.24, 2.45) is 0 Å². The molecule has 1 saturated heterocycles. The quantitative estimate of drug-likeness (QED) is 0.151. The average Bonchev–Trinajstić information content (AvgIpc) is 2.87. The van der Waals surface area contributed by atoms with Crippen LogP contribution < -0.4 is 15.4 Å². The van der Waals surface area contributed by atoms with Gasteiger partial charge in [0.25, 0.3) is 0 Å². The number of unbranched alkanes of at least 4 members (excludes halogenated alkanes) is 7. The first-order valence-corrected chi connectivity index (χ1v) is 14.6. The molecule has 0 spiro atoms. The van der Waals surface area contributed by atoms with Crippen LogP contribution in [0.15, 0.2) is 18.2 Å². The van der Waals surface area contributed by atoms with E-state index in [1.807, 2.05) is 0 Å². The lowest BCUT2D eigenvalue weighted by Crippen LogP contribution is -2.60. The summed E-state index contributed by atoms with van der Waals surface area (Å²) in [6.07, 6.45) is 9.68. The molecular formula is C27H39Cl2N3O5S. The fourth-order valence-electron chi connectivity index (χ4n) is 4.06. The van der Waals surface area contributed by atoms with Gasteiger partial charge < -0.3 is 25.0 Å². The number of nitrogens with zero attached hydrogens (tertiary/aromatic N) is 1. The Labute approximate surface area is 241 Å². The molecule has 2 N–H and O–H groups in total. The molecule has 1 aliphatic rings. The molecule has 1 fully saturated rings. The highest BCUT2D eigenvalue weighted by Crippen LogP contribution is 2.27. The van der Waals surface area contributed by atoms with Gasteiger partial charge in [-0.2, -0.15) is 0 Å². The molecule has 11 heteroatoms. The maximum atomic E-state index is 12.5. The lowest BCUT2D eigenvalue weighted by atomic mass is 10.1. The average molecular weight is 589 g/mol. The van der Waals surface area contributed by atoms with Crippen molar-refractivity contribution in [3.05, 3.63) is 28.2 Å². The van der Waals surface area contributed by atoms with Gasteiger partial charge in [0.05, 0.1) is 24.7 Å². The number of rotatable bonds is 16. The van der Waals surface area contributed by atoms with Crippen molar-refractivity contribution in [3.63, 3.8) is 0 Å². The second-order valence-electron chi connectivity index (χ2n) is 9.28. The van der Waals surface area contributed by atoms with E-state index in [0.717, 1.165) is 19.3 Å². The van der Waals surface area contributed by atoms with Crippen LogP contribution in [0.1, 0.15) is 77.6 Å². The minimum Gasteiger partial charge on any atom is -0.492 e. The Morgan fingerprint density at radius 2 is 1.79 bits per heavy atom. The number of thiocarbonyl (C=S) groups is 1. The van der Waals surface area contributed by atoms with Gasteiger partial charge in [0.2, 0.25) is 11.8 Å². The summed E-state index contributed by atoms with van der Waals surface area (Å²) in [6, 6.07) is 4.10. The van der Waals surface area contributed by atoms with Crippen molar-refractivity contribution in [1.29, 1.82) is 0 Å². The molecule has 1 atom stereocenters. The standard InChI is InChI=1S/C27H39Cl2N3O5S/c1-2-3-4-5-6-7-8-9-16-37-25(34)19-22-26(35)30-14-15-32(22)27(38)31-24(33)11-10-17-36-23-13-12-20(28)18-21(23)29/h12-13,18,22H,2-11,14-17,19H2,1H3,(H,30,35)(H,31,33,38). The van der Waals surface area contributed by atoms with Crippen LogP contribution in [-0.2, 0) is 19.1 Å². The molecule has 2 rings (SSSR count). The fraction of sp³-hybridized carbons (Fsp3) is 0.630. The molecule has 0 aromatic heterocycles. The highest BCUT2D eigenvalue weighted by Gasteiger charge is 2.34. The van der Waals surface area contributed by atoms with Crippen molar-refractivity contribution in [3.8, 4) is 5.75 Å². The van der Waals surface area contributed by atoms with E-state index in [-0.39, 0.29) is 36.4 Å². The van der Waals surface area contributed by atoms with Crippen molar-refractivity contribution < 1.29 is 23.9 Å². The van der Waals surface area contributed by atoms with E-state index >= 15 is 0 Å². The zero-order valence-electron chi connectivity index (χ0n) is 22.1. The molecule has 1 aliphatic heterocycles. The summed E-state index contributed by atoms with van der Waals surface area (Å²) < 4.78 is 11.0. The van der Waals surface area contributed by atoms with E-state index in [0.29, 0.717) is 41.9 Å². The van der Waals surface area contributed by atoms with Gasteiger partial charge in [0.15, 0.2) is 5.11 Å². The van der Waals surface area contributed by atoms with E-state index in [1.165, 1.54) is 32.1 Å². The van der Waals surface area contributed by atoms with Gasteiger partial charge in [0, 0.05) is 24.5 Å². The molecule has 0 saturated carbocycles. The topological polar surface area (TPSA) is 97.0 Å². The number of nitrogens with one attached hydrogen (secondary N) is 2. The summed E-state index contributed by atoms with van der Waals surface area (Å²) in [5.41, 5.74) is 0. The molecule has 38 heavy (non-hydrogen) atoms. The summed E-state index contributed by atoms with van der Waals surface area (Å²) in [6.45, 7) is 3.58. The third-order valence-electron chi connectivity index (χ3n) is 6.16. The number of esters is 1. The molecule has 2 amide bonds. The Kier molecular flexibility index (Phi) is 15.4. The second kappa shape index (κ2) is 18.2. The Morgan fingerprint density at radius 3 is 2.50 bits per heavy atom. The Hall–Kier alpha value is -2.10. The van der Waals surface area contributed by atoms with Gasteiger partial charge >= 0.3 is 5.97 Å². The lowest BCUT2D eigenvalue weighted by Gasteiger charge is -2.36. The molecule has 1 aromatic carbocycles. The number of halogens is 2. The van der Waals surface area contributed by atoms with E-state index in [4.69, 9.17) is 44.9 Å². The van der Waals surface area contributed by atoms with Crippen LogP contribution >= 0.6 is 35.4 Å². The number of ether oxygens (including phenoxy) is 2. The first kappa shape index (κ1) is 32.1. The minimum absolute atomic E-state index is 0.118. The molecule has 212 valence electrons. The van der Waals surface area contributed by atoms with Crippen LogP contribution in [-0.4, -0.2) is 60.1 Å². The number of benzene rings is 1. The first-order valence-electron chi connectivity index (χ1n) is 13.4. The van der Waals surface area contributed by atoms with Crippen molar-refractivity contribution in [2.45, 2.75) is 83.6 Å². The van der Waals surface area contributed by atoms with Gasteiger partial charge in [-0.05, 0) is 43.3 Å². The predicted octanol–water partition coefficient (Wildman–Crippen LogP) is 5.43.